The second kappa shape index (κ2) is 6.61. The lowest BCUT2D eigenvalue weighted by Crippen LogP contribution is -2.33. The second-order valence-corrected chi connectivity index (χ2v) is 4.69. The average molecular weight is 250 g/mol. The van der Waals surface area contributed by atoms with Gasteiger partial charge in [0.15, 0.2) is 5.78 Å². The van der Waals surface area contributed by atoms with Crippen LogP contribution in [0.4, 0.5) is 4.39 Å². The molecule has 0 atom stereocenters. The van der Waals surface area contributed by atoms with E-state index in [2.05, 4.69) is 10.2 Å². The van der Waals surface area contributed by atoms with Crippen LogP contribution in [0.25, 0.3) is 0 Å². The molecule has 2 rings (SSSR count). The highest BCUT2D eigenvalue weighted by Crippen LogP contribution is 2.08. The summed E-state index contributed by atoms with van der Waals surface area (Å²) in [4.78, 5) is 14.1. The lowest BCUT2D eigenvalue weighted by atomic mass is 10.1. The zero-order chi connectivity index (χ0) is 12.8. The molecule has 0 radical (unpaired) electrons. The van der Waals surface area contributed by atoms with Crippen LogP contribution in [0.3, 0.4) is 0 Å². The average Bonchev–Trinajstić information content (AvgIpc) is 2.61. The van der Waals surface area contributed by atoms with Crippen molar-refractivity contribution in [2.45, 2.75) is 12.8 Å². The predicted octanol–water partition coefficient (Wildman–Crippen LogP) is 1.23. The molecule has 18 heavy (non-hydrogen) atoms. The summed E-state index contributed by atoms with van der Waals surface area (Å²) in [6.07, 6.45) is 1.25. The number of benzene rings is 1. The molecule has 0 spiro atoms. The molecular weight excluding hydrogens is 231 g/mol. The monoisotopic (exact) mass is 250 g/mol. The third-order valence-electron chi connectivity index (χ3n) is 3.18. The molecule has 0 saturated carbocycles. The molecule has 0 amide bonds. The molecule has 1 saturated heterocycles. The molecule has 0 bridgehead atoms. The van der Waals surface area contributed by atoms with E-state index in [0.29, 0.717) is 12.1 Å². The lowest BCUT2D eigenvalue weighted by Gasteiger charge is -2.18. The van der Waals surface area contributed by atoms with E-state index in [0.717, 1.165) is 32.6 Å². The molecule has 98 valence electrons. The van der Waals surface area contributed by atoms with Crippen molar-refractivity contribution >= 4 is 5.78 Å². The van der Waals surface area contributed by atoms with Gasteiger partial charge in [-0.05, 0) is 31.1 Å². The fourth-order valence-electron chi connectivity index (χ4n) is 2.22. The third-order valence-corrected chi connectivity index (χ3v) is 3.18. The van der Waals surface area contributed by atoms with E-state index in [1.807, 2.05) is 0 Å². The summed E-state index contributed by atoms with van der Waals surface area (Å²) in [5.74, 6) is -0.203. The molecule has 1 aliphatic rings. The highest BCUT2D eigenvalue weighted by molar-refractivity contribution is 5.82. The summed E-state index contributed by atoms with van der Waals surface area (Å²) in [5.41, 5.74) is 0.496. The van der Waals surface area contributed by atoms with Crippen molar-refractivity contribution in [3.63, 3.8) is 0 Å². The van der Waals surface area contributed by atoms with Gasteiger partial charge in [0, 0.05) is 19.5 Å². The third kappa shape index (κ3) is 3.89. The smallest absolute Gasteiger partial charge is 0.151 e. The van der Waals surface area contributed by atoms with E-state index in [1.165, 1.54) is 6.07 Å². The Bertz CT molecular complexity index is 401. The van der Waals surface area contributed by atoms with E-state index in [9.17, 15) is 9.18 Å². The molecular formula is C14H19FN2O. The number of hydrogen-bond acceptors (Lipinski definition) is 3. The predicted molar refractivity (Wildman–Crippen MR) is 69.0 cm³/mol. The quantitative estimate of drug-likeness (QED) is 0.872. The minimum atomic E-state index is -0.289. The van der Waals surface area contributed by atoms with Crippen molar-refractivity contribution in [3.05, 3.63) is 35.6 Å². The Hall–Kier alpha value is -1.26. The summed E-state index contributed by atoms with van der Waals surface area (Å²) >= 11 is 0. The van der Waals surface area contributed by atoms with Gasteiger partial charge in [-0.15, -0.1) is 0 Å². The summed E-state index contributed by atoms with van der Waals surface area (Å²) in [5, 5.41) is 3.30. The Morgan fingerprint density at radius 2 is 2.11 bits per heavy atom. The van der Waals surface area contributed by atoms with E-state index >= 15 is 0 Å². The number of halogens is 1. The minimum Gasteiger partial charge on any atom is -0.315 e. The van der Waals surface area contributed by atoms with Crippen molar-refractivity contribution in [1.29, 1.82) is 0 Å². The first-order valence-electron chi connectivity index (χ1n) is 6.44. The Morgan fingerprint density at radius 3 is 2.94 bits per heavy atom. The SMILES string of the molecule is O=C(Cc1ccccc1F)CN1CCCNCC1. The first-order chi connectivity index (χ1) is 8.75. The van der Waals surface area contributed by atoms with Gasteiger partial charge < -0.3 is 5.32 Å². The van der Waals surface area contributed by atoms with Crippen molar-refractivity contribution in [1.82, 2.24) is 10.2 Å². The number of nitrogens with zero attached hydrogens (tertiary/aromatic N) is 1. The summed E-state index contributed by atoms with van der Waals surface area (Å²) in [7, 11) is 0. The van der Waals surface area contributed by atoms with Crippen molar-refractivity contribution in [3.8, 4) is 0 Å². The van der Waals surface area contributed by atoms with Crippen LogP contribution in [0.1, 0.15) is 12.0 Å². The maximum absolute atomic E-state index is 13.4. The molecule has 0 aliphatic carbocycles. The Morgan fingerprint density at radius 1 is 1.28 bits per heavy atom. The molecule has 1 fully saturated rings. The van der Waals surface area contributed by atoms with E-state index < -0.39 is 0 Å². The van der Waals surface area contributed by atoms with E-state index in [1.54, 1.807) is 18.2 Å². The molecule has 1 heterocycles. The Kier molecular flexibility index (Phi) is 4.84. The van der Waals surface area contributed by atoms with Crippen LogP contribution in [-0.2, 0) is 11.2 Å². The van der Waals surface area contributed by atoms with Crippen LogP contribution in [0.2, 0.25) is 0 Å². The highest BCUT2D eigenvalue weighted by atomic mass is 19.1. The molecule has 1 aliphatic heterocycles. The van der Waals surface area contributed by atoms with Crippen LogP contribution in [-0.4, -0.2) is 43.4 Å². The maximum atomic E-state index is 13.4. The topological polar surface area (TPSA) is 32.3 Å². The van der Waals surface area contributed by atoms with Gasteiger partial charge in [0.1, 0.15) is 5.82 Å². The number of nitrogens with one attached hydrogen (secondary N) is 1. The van der Waals surface area contributed by atoms with Gasteiger partial charge in [0.25, 0.3) is 0 Å². The first kappa shape index (κ1) is 13.2. The zero-order valence-corrected chi connectivity index (χ0v) is 10.5. The number of carbonyl (C=O) groups is 1. The number of carbonyl (C=O) groups excluding carboxylic acids is 1. The number of ketones is 1. The van der Waals surface area contributed by atoms with Crippen molar-refractivity contribution < 1.29 is 9.18 Å². The van der Waals surface area contributed by atoms with Gasteiger partial charge in [-0.25, -0.2) is 4.39 Å². The second-order valence-electron chi connectivity index (χ2n) is 4.69. The van der Waals surface area contributed by atoms with E-state index in [4.69, 9.17) is 0 Å². The van der Waals surface area contributed by atoms with Crippen LogP contribution < -0.4 is 5.32 Å². The molecule has 4 heteroatoms. The standard InChI is InChI=1S/C14H19FN2O/c15-14-5-2-1-4-12(14)10-13(18)11-17-8-3-6-16-7-9-17/h1-2,4-5,16H,3,6-11H2. The number of rotatable bonds is 4. The summed E-state index contributed by atoms with van der Waals surface area (Å²) in [6, 6.07) is 6.49. The number of Topliss-reactive ketones (excluding diaryl/α,β-unsaturated/α-hetero) is 1. The number of hydrogen-bond donors (Lipinski definition) is 1. The molecule has 0 aromatic heterocycles. The largest absolute Gasteiger partial charge is 0.315 e. The molecule has 3 nitrogen and oxygen atoms in total. The van der Waals surface area contributed by atoms with Gasteiger partial charge in [-0.2, -0.15) is 0 Å². The van der Waals surface area contributed by atoms with E-state index in [-0.39, 0.29) is 18.0 Å². The van der Waals surface area contributed by atoms with Gasteiger partial charge in [0.2, 0.25) is 0 Å². The fourth-order valence-corrected chi connectivity index (χ4v) is 2.22. The molecule has 0 unspecified atom stereocenters. The Balaban J connectivity index is 1.86. The summed E-state index contributed by atoms with van der Waals surface area (Å²) in [6.45, 7) is 4.19. The van der Waals surface area contributed by atoms with Crippen LogP contribution in [0, 0.1) is 5.82 Å². The van der Waals surface area contributed by atoms with Gasteiger partial charge in [-0.1, -0.05) is 18.2 Å². The zero-order valence-electron chi connectivity index (χ0n) is 10.5. The maximum Gasteiger partial charge on any atom is 0.151 e. The summed E-state index contributed by atoms with van der Waals surface area (Å²) < 4.78 is 13.4. The molecule has 1 N–H and O–H groups in total. The van der Waals surface area contributed by atoms with Crippen molar-refractivity contribution in [2.75, 3.05) is 32.7 Å². The first-order valence-corrected chi connectivity index (χ1v) is 6.44. The lowest BCUT2D eigenvalue weighted by molar-refractivity contribution is -0.119. The Labute approximate surface area is 107 Å². The molecule has 1 aromatic rings. The van der Waals surface area contributed by atoms with Crippen LogP contribution in [0.15, 0.2) is 24.3 Å². The highest BCUT2D eigenvalue weighted by Gasteiger charge is 2.14. The van der Waals surface area contributed by atoms with Crippen LogP contribution in [0.5, 0.6) is 0 Å². The van der Waals surface area contributed by atoms with Gasteiger partial charge >= 0.3 is 0 Å². The fraction of sp³-hybridized carbons (Fsp3) is 0.500. The van der Waals surface area contributed by atoms with Gasteiger partial charge in [-0.3, -0.25) is 9.69 Å². The van der Waals surface area contributed by atoms with Crippen molar-refractivity contribution in [2.24, 2.45) is 0 Å². The van der Waals surface area contributed by atoms with Crippen LogP contribution >= 0.6 is 0 Å². The molecule has 1 aromatic carbocycles. The normalized spacial score (nSPS) is 17.4. The van der Waals surface area contributed by atoms with Gasteiger partial charge in [0.05, 0.1) is 6.54 Å². The minimum absolute atomic E-state index is 0.0852.